The van der Waals surface area contributed by atoms with Crippen molar-refractivity contribution < 1.29 is 17.6 Å². The van der Waals surface area contributed by atoms with Crippen molar-refractivity contribution in [2.45, 2.75) is 0 Å². The molecule has 2 aromatic carbocycles. The van der Waals surface area contributed by atoms with E-state index in [2.05, 4.69) is 4.98 Å². The highest BCUT2D eigenvalue weighted by molar-refractivity contribution is 6.30. The van der Waals surface area contributed by atoms with Crippen LogP contribution < -0.4 is 0 Å². The minimum atomic E-state index is -1.36. The van der Waals surface area contributed by atoms with Gasteiger partial charge in [0.15, 0.2) is 0 Å². The van der Waals surface area contributed by atoms with Gasteiger partial charge in [0.2, 0.25) is 5.95 Å². The van der Waals surface area contributed by atoms with Crippen LogP contribution in [0.3, 0.4) is 0 Å². The molecule has 2 aliphatic rings. The fourth-order valence-corrected chi connectivity index (χ4v) is 5.36. The quantitative estimate of drug-likeness (QED) is 0.195. The van der Waals surface area contributed by atoms with Gasteiger partial charge >= 0.3 is 0 Å². The Hall–Kier alpha value is -7.81. The zero-order valence-corrected chi connectivity index (χ0v) is 22.4. The summed E-state index contributed by atoms with van der Waals surface area (Å²) in [5, 5.41) is 77.8. The molecule has 0 atom stereocenters. The number of allylic oxidation sites excluding steroid dienone is 8. The summed E-state index contributed by atoms with van der Waals surface area (Å²) in [6.45, 7) is 0. The van der Waals surface area contributed by atoms with Crippen LogP contribution in [-0.4, -0.2) is 4.98 Å². The van der Waals surface area contributed by atoms with Crippen LogP contribution >= 0.6 is 0 Å². The zero-order valence-electron chi connectivity index (χ0n) is 22.4. The van der Waals surface area contributed by atoms with Crippen LogP contribution in [0.25, 0.3) is 33.4 Å². The smallest absolute Gasteiger partial charge is 0.208 e. The average Bonchev–Trinajstić information content (AvgIpc) is 3.56. The van der Waals surface area contributed by atoms with Gasteiger partial charge in [0.1, 0.15) is 82.8 Å². The van der Waals surface area contributed by atoms with Crippen molar-refractivity contribution in [3.63, 3.8) is 0 Å². The first-order valence-electron chi connectivity index (χ1n) is 12.4. The van der Waals surface area contributed by atoms with Crippen LogP contribution in [-0.2, 0) is 0 Å². The summed E-state index contributed by atoms with van der Waals surface area (Å²) < 4.78 is 62.1. The van der Waals surface area contributed by atoms with Crippen LogP contribution in [0.15, 0.2) is 41.5 Å². The summed E-state index contributed by atoms with van der Waals surface area (Å²) >= 11 is 0. The molecule has 0 bridgehead atoms. The molecule has 46 heavy (non-hydrogen) atoms. The number of benzene rings is 2. The van der Waals surface area contributed by atoms with Gasteiger partial charge in [0.25, 0.3) is 0 Å². The summed E-state index contributed by atoms with van der Waals surface area (Å²) in [5.74, 6) is -5.14. The van der Waals surface area contributed by atoms with Crippen LogP contribution in [0.5, 0.6) is 0 Å². The Labute approximate surface area is 256 Å². The van der Waals surface area contributed by atoms with E-state index in [0.29, 0.717) is 12.1 Å². The third kappa shape index (κ3) is 4.05. The van der Waals surface area contributed by atoms with Gasteiger partial charge in [-0.3, -0.25) is 0 Å². The minimum absolute atomic E-state index is 0.356. The summed E-state index contributed by atoms with van der Waals surface area (Å²) in [6.07, 6.45) is 0. The highest BCUT2D eigenvalue weighted by Crippen LogP contribution is 2.56. The molecule has 0 radical (unpaired) electrons. The van der Waals surface area contributed by atoms with Crippen LogP contribution in [0.2, 0.25) is 0 Å². The van der Waals surface area contributed by atoms with E-state index in [-0.39, 0.29) is 11.3 Å². The molecule has 1 aromatic heterocycles. The number of rotatable bonds is 2. The maximum atomic E-state index is 16.8. The van der Waals surface area contributed by atoms with Crippen LogP contribution in [0.4, 0.5) is 17.6 Å². The van der Waals surface area contributed by atoms with E-state index < -0.39 is 101 Å². The zero-order chi connectivity index (χ0) is 33.4. The second-order valence-corrected chi connectivity index (χ2v) is 9.28. The lowest BCUT2D eigenvalue weighted by molar-refractivity contribution is 0.579. The molecule has 5 rings (SSSR count). The number of nitrogens with zero attached hydrogens (tertiary/aromatic N) is 9. The third-order valence-electron chi connectivity index (χ3n) is 7.15. The van der Waals surface area contributed by atoms with E-state index in [1.165, 1.54) is 6.07 Å². The maximum Gasteiger partial charge on any atom is 0.222 e. The fourth-order valence-electron chi connectivity index (χ4n) is 5.36. The van der Waals surface area contributed by atoms with Gasteiger partial charge in [-0.15, -0.1) is 0 Å². The van der Waals surface area contributed by atoms with Crippen molar-refractivity contribution in [2.24, 2.45) is 0 Å². The Balaban J connectivity index is 2.01. The molecule has 3 aromatic rings. The molecule has 0 fully saturated rings. The lowest BCUT2D eigenvalue weighted by Gasteiger charge is -2.13. The summed E-state index contributed by atoms with van der Waals surface area (Å²) in [5.41, 5.74) is -9.00. The standard InChI is InChI=1S/C33H5F4N9/c34-24-5-19(25(35)3-14(24)6-38)29-23(13-45)31-21(27(29)16(9-41)10-42)4-20-26(15(7-39)8-40)28(22(12-44)30(20)32(31)36)18-2-1-17(11-43)46-33(18)37/h1-5H. The molecule has 0 saturated carbocycles. The van der Waals surface area contributed by atoms with Gasteiger partial charge in [-0.05, 0) is 41.5 Å². The van der Waals surface area contributed by atoms with Crippen molar-refractivity contribution in [2.75, 3.05) is 0 Å². The van der Waals surface area contributed by atoms with E-state index in [0.717, 1.165) is 18.2 Å². The van der Waals surface area contributed by atoms with Gasteiger partial charge in [-0.1, -0.05) is 0 Å². The number of fused-ring (bicyclic) bond motifs is 2. The molecule has 13 heteroatoms. The predicted molar refractivity (Wildman–Crippen MR) is 148 cm³/mol. The number of hydrogen-bond acceptors (Lipinski definition) is 9. The Morgan fingerprint density at radius 3 is 1.50 bits per heavy atom. The molecular formula is C33H5F4N9. The molecule has 2 aliphatic carbocycles. The molecule has 0 amide bonds. The van der Waals surface area contributed by atoms with Crippen molar-refractivity contribution in [3.8, 4) is 48.6 Å². The first kappa shape index (κ1) is 29.7. The number of aromatic nitrogens is 1. The van der Waals surface area contributed by atoms with Gasteiger partial charge in [-0.25, -0.2) is 18.2 Å². The number of halogens is 4. The molecule has 1 heterocycles. The Bertz CT molecular complexity index is 2460. The second-order valence-electron chi connectivity index (χ2n) is 9.28. The molecule has 9 nitrogen and oxygen atoms in total. The maximum absolute atomic E-state index is 16.8. The van der Waals surface area contributed by atoms with Crippen molar-refractivity contribution >= 4 is 33.4 Å². The van der Waals surface area contributed by atoms with Crippen LogP contribution in [0.1, 0.15) is 44.6 Å². The second kappa shape index (κ2) is 11.1. The first-order valence-corrected chi connectivity index (χ1v) is 12.4. The third-order valence-corrected chi connectivity index (χ3v) is 7.15. The van der Waals surface area contributed by atoms with Gasteiger partial charge < -0.3 is 0 Å². The highest BCUT2D eigenvalue weighted by atomic mass is 19.1. The number of hydrogen-bond donors (Lipinski definition) is 0. The molecule has 0 saturated heterocycles. The summed E-state index contributed by atoms with van der Waals surface area (Å²) in [4.78, 5) is 3.48. The number of pyridine rings is 1. The normalized spacial score (nSPS) is 12.3. The predicted octanol–water partition coefficient (Wildman–Crippen LogP) is 5.88. The average molecular weight is 603 g/mol. The van der Waals surface area contributed by atoms with E-state index in [1.54, 1.807) is 42.5 Å². The van der Waals surface area contributed by atoms with E-state index in [4.69, 9.17) is 10.5 Å². The van der Waals surface area contributed by atoms with Gasteiger partial charge in [0, 0.05) is 44.5 Å². The summed E-state index contributed by atoms with van der Waals surface area (Å²) in [7, 11) is 0. The molecule has 0 spiro atoms. The van der Waals surface area contributed by atoms with Gasteiger partial charge in [-0.2, -0.15) is 46.5 Å². The Morgan fingerprint density at radius 2 is 1.07 bits per heavy atom. The van der Waals surface area contributed by atoms with Crippen molar-refractivity contribution in [3.05, 3.63) is 110 Å². The van der Waals surface area contributed by atoms with Crippen molar-refractivity contribution in [1.82, 2.24) is 4.98 Å². The van der Waals surface area contributed by atoms with E-state index in [9.17, 15) is 36.0 Å². The first-order chi connectivity index (χ1) is 22.1. The van der Waals surface area contributed by atoms with Crippen LogP contribution in [0, 0.1) is 114 Å². The molecule has 0 aliphatic heterocycles. The van der Waals surface area contributed by atoms with E-state index >= 15 is 13.2 Å². The topological polar surface area (TPSA) is 203 Å². The molecule has 0 N–H and O–H groups in total. The fraction of sp³-hybridized carbons (Fsp3) is 0. The minimum Gasteiger partial charge on any atom is -0.208 e. The van der Waals surface area contributed by atoms with Gasteiger partial charge in [0.05, 0.1) is 16.7 Å². The molecular weight excluding hydrogens is 598 g/mol. The highest BCUT2D eigenvalue weighted by Gasteiger charge is 2.41. The summed E-state index contributed by atoms with van der Waals surface area (Å²) in [6, 6.07) is 17.0. The molecule has 210 valence electrons. The lowest BCUT2D eigenvalue weighted by Crippen LogP contribution is -2.00. The van der Waals surface area contributed by atoms with E-state index in [1.807, 2.05) is 0 Å². The largest absolute Gasteiger partial charge is 0.222 e. The Morgan fingerprint density at radius 1 is 0.543 bits per heavy atom. The number of nitriles is 8. The van der Waals surface area contributed by atoms with Crippen molar-refractivity contribution in [1.29, 1.82) is 42.1 Å². The SMILES string of the molecule is N#CC(C#N)=C1C(c2cc(F)c(C#N)cc2F)=C(C#N)c2c1cc1c(c2F)C(C#N)=C(c2ccc(C#N)nc2F)C1=C(C#N)C#N. The monoisotopic (exact) mass is 603 g/mol. The molecule has 0 unspecified atom stereocenters. The lowest BCUT2D eigenvalue weighted by atomic mass is 9.89. The Kier molecular flexibility index (Phi) is 7.17.